The molecule has 1 saturated heterocycles. The molecule has 1 heterocycles. The van der Waals surface area contributed by atoms with Gasteiger partial charge in [0, 0.05) is 12.2 Å². The van der Waals surface area contributed by atoms with Crippen molar-refractivity contribution in [3.05, 3.63) is 179 Å². The lowest BCUT2D eigenvalue weighted by Gasteiger charge is -2.47. The van der Waals surface area contributed by atoms with Crippen molar-refractivity contribution in [2.75, 3.05) is 6.16 Å². The fraction of sp³-hybridized carbons (Fsp3) is 0.189. The summed E-state index contributed by atoms with van der Waals surface area (Å²) in [6, 6.07) is 51.9. The monoisotopic (exact) mass is 557 g/mol. The van der Waals surface area contributed by atoms with Crippen molar-refractivity contribution in [1.29, 1.82) is 0 Å². The second-order valence-corrected chi connectivity index (χ2v) is 13.2. The molecule has 4 atom stereocenters. The molecule has 1 aliphatic heterocycles. The van der Waals surface area contributed by atoms with Crippen molar-refractivity contribution < 1.29 is 9.09 Å². The highest BCUT2D eigenvalue weighted by molar-refractivity contribution is 7.56. The van der Waals surface area contributed by atoms with Crippen molar-refractivity contribution in [2.24, 2.45) is 0 Å². The SMILES string of the molecule is C[C@H](CP1(=O)O[C@H](c2ccccc2)[C@H](C)N1C(c1ccccc1)(c1ccccc1)c1ccccc1)c1ccccc1. The molecular weight excluding hydrogens is 521 g/mol. The highest BCUT2D eigenvalue weighted by Crippen LogP contribution is 2.70. The van der Waals surface area contributed by atoms with Crippen LogP contribution in [0.5, 0.6) is 0 Å². The van der Waals surface area contributed by atoms with Crippen molar-refractivity contribution in [3.8, 4) is 0 Å². The fourth-order valence-corrected chi connectivity index (χ4v) is 9.94. The van der Waals surface area contributed by atoms with Gasteiger partial charge in [-0.25, -0.2) is 4.67 Å². The molecule has 1 aliphatic rings. The van der Waals surface area contributed by atoms with Crippen LogP contribution < -0.4 is 0 Å². The Balaban J connectivity index is 1.63. The maximum atomic E-state index is 15.8. The van der Waals surface area contributed by atoms with Crippen molar-refractivity contribution in [2.45, 2.75) is 37.5 Å². The van der Waals surface area contributed by atoms with E-state index >= 15 is 4.57 Å². The first kappa shape index (κ1) is 27.4. The summed E-state index contributed by atoms with van der Waals surface area (Å²) >= 11 is 0. The molecule has 1 fully saturated rings. The summed E-state index contributed by atoms with van der Waals surface area (Å²) in [6.45, 7) is 4.33. The smallest absolute Gasteiger partial charge is 0.275 e. The van der Waals surface area contributed by atoms with Gasteiger partial charge in [0.25, 0.3) is 7.52 Å². The zero-order valence-electron chi connectivity index (χ0n) is 23.6. The van der Waals surface area contributed by atoms with Crippen LogP contribution in [0.1, 0.15) is 53.7 Å². The highest BCUT2D eigenvalue weighted by Gasteiger charge is 2.59. The van der Waals surface area contributed by atoms with Crippen LogP contribution >= 0.6 is 7.52 Å². The molecule has 0 aliphatic carbocycles. The van der Waals surface area contributed by atoms with Crippen LogP contribution in [0.25, 0.3) is 0 Å². The van der Waals surface area contributed by atoms with Crippen LogP contribution in [0.4, 0.5) is 0 Å². The van der Waals surface area contributed by atoms with Crippen molar-refractivity contribution >= 4 is 7.52 Å². The zero-order chi connectivity index (χ0) is 28.3. The third-order valence-corrected chi connectivity index (χ3v) is 11.2. The summed E-state index contributed by atoms with van der Waals surface area (Å²) in [5.74, 6) is 0.0336. The number of benzene rings is 5. The molecule has 41 heavy (non-hydrogen) atoms. The first-order valence-electron chi connectivity index (χ1n) is 14.4. The van der Waals surface area contributed by atoms with E-state index in [2.05, 4.69) is 116 Å². The minimum atomic E-state index is -3.46. The van der Waals surface area contributed by atoms with Gasteiger partial charge in [-0.3, -0.25) is 4.57 Å². The van der Waals surface area contributed by atoms with Crippen LogP contribution in [0.15, 0.2) is 152 Å². The Labute approximate surface area is 244 Å². The number of hydrogen-bond donors (Lipinski definition) is 0. The number of nitrogens with zero attached hydrogens (tertiary/aromatic N) is 1. The summed E-state index contributed by atoms with van der Waals surface area (Å²) in [6.07, 6.45) is 0.0550. The molecule has 0 spiro atoms. The molecule has 5 aromatic carbocycles. The van der Waals surface area contributed by atoms with E-state index in [0.717, 1.165) is 27.8 Å². The molecule has 0 aromatic heterocycles. The van der Waals surface area contributed by atoms with Gasteiger partial charge in [0.15, 0.2) is 0 Å². The minimum Gasteiger partial charge on any atom is -0.307 e. The van der Waals surface area contributed by atoms with Gasteiger partial charge in [-0.2, -0.15) is 0 Å². The average Bonchev–Trinajstić information content (AvgIpc) is 3.30. The standard InChI is InChI=1S/C37H36NO2P/c1-29(31-18-8-3-9-19-31)28-41(39)38(30(2)36(40-41)32-20-10-4-11-21-32)37(33-22-12-5-13-23-33,34-24-14-6-15-25-34)35-26-16-7-17-27-35/h3-27,29-30,36H,28H2,1-2H3/t29-,30+,36+,41?/m1/s1. The molecule has 0 saturated carbocycles. The topological polar surface area (TPSA) is 29.5 Å². The molecule has 4 heteroatoms. The lowest BCUT2D eigenvalue weighted by molar-refractivity contribution is 0.177. The first-order valence-corrected chi connectivity index (χ1v) is 16.1. The predicted molar refractivity (Wildman–Crippen MR) is 168 cm³/mol. The van der Waals surface area contributed by atoms with Crippen LogP contribution in [-0.2, 0) is 14.6 Å². The molecule has 0 N–H and O–H groups in total. The summed E-state index contributed by atoms with van der Waals surface area (Å²) in [5, 5.41) is 0. The van der Waals surface area contributed by atoms with E-state index in [4.69, 9.17) is 4.52 Å². The Morgan fingerprint density at radius 3 is 1.49 bits per heavy atom. The zero-order valence-corrected chi connectivity index (χ0v) is 24.5. The normalized spacial score (nSPS) is 21.9. The average molecular weight is 558 g/mol. The van der Waals surface area contributed by atoms with E-state index in [1.165, 1.54) is 0 Å². The second-order valence-electron chi connectivity index (χ2n) is 11.0. The summed E-state index contributed by atoms with van der Waals surface area (Å²) in [4.78, 5) is 0. The Kier molecular flexibility index (Phi) is 7.77. The van der Waals surface area contributed by atoms with Gasteiger partial charge < -0.3 is 4.52 Å². The number of hydrogen-bond acceptors (Lipinski definition) is 2. The van der Waals surface area contributed by atoms with Gasteiger partial charge in [-0.05, 0) is 40.7 Å². The van der Waals surface area contributed by atoms with E-state index < -0.39 is 13.1 Å². The van der Waals surface area contributed by atoms with Crippen LogP contribution in [0.2, 0.25) is 0 Å². The summed E-state index contributed by atoms with van der Waals surface area (Å²) in [7, 11) is -3.46. The molecule has 0 amide bonds. The summed E-state index contributed by atoms with van der Waals surface area (Å²) < 4.78 is 24.9. The minimum absolute atomic E-state index is 0.0336. The molecule has 5 aromatic rings. The molecule has 0 radical (unpaired) electrons. The highest BCUT2D eigenvalue weighted by atomic mass is 31.2. The van der Waals surface area contributed by atoms with Crippen LogP contribution in [-0.4, -0.2) is 16.9 Å². The van der Waals surface area contributed by atoms with E-state index in [-0.39, 0.29) is 18.1 Å². The lowest BCUT2D eigenvalue weighted by atomic mass is 9.76. The third kappa shape index (κ3) is 5.00. The van der Waals surface area contributed by atoms with Crippen LogP contribution in [0, 0.1) is 0 Å². The Morgan fingerprint density at radius 1 is 0.659 bits per heavy atom. The van der Waals surface area contributed by atoms with Crippen molar-refractivity contribution in [3.63, 3.8) is 0 Å². The first-order chi connectivity index (χ1) is 20.0. The Morgan fingerprint density at radius 2 is 1.05 bits per heavy atom. The molecular formula is C37H36NO2P. The second kappa shape index (κ2) is 11.6. The van der Waals surface area contributed by atoms with E-state index in [1.54, 1.807) is 0 Å². The fourth-order valence-electron chi connectivity index (χ4n) is 6.54. The third-order valence-electron chi connectivity index (χ3n) is 8.35. The van der Waals surface area contributed by atoms with Gasteiger partial charge in [0.05, 0.1) is 0 Å². The van der Waals surface area contributed by atoms with Crippen LogP contribution in [0.3, 0.4) is 0 Å². The maximum absolute atomic E-state index is 15.8. The van der Waals surface area contributed by atoms with E-state index in [1.807, 2.05) is 54.6 Å². The van der Waals surface area contributed by atoms with Gasteiger partial charge in [0.2, 0.25) is 0 Å². The predicted octanol–water partition coefficient (Wildman–Crippen LogP) is 9.44. The molecule has 6 rings (SSSR count). The molecule has 0 bridgehead atoms. The van der Waals surface area contributed by atoms with E-state index in [0.29, 0.717) is 6.16 Å². The maximum Gasteiger partial charge on any atom is 0.275 e. The Hall–Kier alpha value is -3.75. The largest absolute Gasteiger partial charge is 0.307 e. The lowest BCUT2D eigenvalue weighted by Crippen LogP contribution is -2.49. The van der Waals surface area contributed by atoms with Gasteiger partial charge in [0.1, 0.15) is 11.6 Å². The Bertz CT molecular complexity index is 1490. The quantitative estimate of drug-likeness (QED) is 0.141. The molecule has 206 valence electrons. The summed E-state index contributed by atoms with van der Waals surface area (Å²) in [5.41, 5.74) is 4.54. The van der Waals surface area contributed by atoms with E-state index in [9.17, 15) is 0 Å². The van der Waals surface area contributed by atoms with Gasteiger partial charge >= 0.3 is 0 Å². The molecule has 3 nitrogen and oxygen atoms in total. The van der Waals surface area contributed by atoms with Crippen molar-refractivity contribution in [1.82, 2.24) is 4.67 Å². The van der Waals surface area contributed by atoms with Gasteiger partial charge in [-0.15, -0.1) is 0 Å². The van der Waals surface area contributed by atoms with Gasteiger partial charge in [-0.1, -0.05) is 159 Å². The molecule has 1 unspecified atom stereocenters. The number of rotatable bonds is 8.